The number of hydrogen-bond acceptors (Lipinski definition) is 2. The van der Waals surface area contributed by atoms with E-state index in [1.165, 1.54) is 24.8 Å². The van der Waals surface area contributed by atoms with Gasteiger partial charge in [-0.05, 0) is 24.8 Å². The van der Waals surface area contributed by atoms with Gasteiger partial charge in [-0.2, -0.15) is 0 Å². The Hall–Kier alpha value is -0.500. The van der Waals surface area contributed by atoms with Crippen molar-refractivity contribution in [1.29, 1.82) is 0 Å². The number of hydrogen-bond donors (Lipinski definition) is 1. The van der Waals surface area contributed by atoms with E-state index in [-0.39, 0.29) is 6.04 Å². The first-order valence-corrected chi connectivity index (χ1v) is 5.40. The normalized spacial score (nSPS) is 19.1. The molecule has 0 amide bonds. The van der Waals surface area contributed by atoms with E-state index in [4.69, 9.17) is 10.5 Å². The van der Waals surface area contributed by atoms with Crippen LogP contribution in [0.5, 0.6) is 0 Å². The molecule has 2 N–H and O–H groups in total. The van der Waals surface area contributed by atoms with Crippen LogP contribution in [0.4, 0.5) is 0 Å². The van der Waals surface area contributed by atoms with Crippen molar-refractivity contribution in [3.8, 4) is 0 Å². The fourth-order valence-corrected chi connectivity index (χ4v) is 1.66. The molecule has 1 aliphatic heterocycles. The lowest BCUT2D eigenvalue weighted by Gasteiger charge is -2.19. The van der Waals surface area contributed by atoms with E-state index in [0.717, 1.165) is 25.9 Å². The van der Waals surface area contributed by atoms with Gasteiger partial charge in [-0.15, -0.1) is 0 Å². The van der Waals surface area contributed by atoms with Crippen molar-refractivity contribution in [3.63, 3.8) is 0 Å². The minimum atomic E-state index is 0.242. The van der Waals surface area contributed by atoms with Crippen LogP contribution in [-0.2, 0) is 4.74 Å². The molecule has 0 aliphatic carbocycles. The monoisotopic (exact) mass is 183 g/mol. The van der Waals surface area contributed by atoms with Gasteiger partial charge in [0, 0.05) is 6.04 Å². The standard InChI is InChI=1S/C11H21NO/c1-2-3-4-7-11(12)10-6-5-8-13-9-10/h9,11H,2-8,12H2,1H3. The zero-order valence-corrected chi connectivity index (χ0v) is 8.59. The molecule has 1 atom stereocenters. The van der Waals surface area contributed by atoms with E-state index in [9.17, 15) is 0 Å². The van der Waals surface area contributed by atoms with Crippen LogP contribution >= 0.6 is 0 Å². The van der Waals surface area contributed by atoms with Crippen LogP contribution in [-0.4, -0.2) is 12.6 Å². The highest BCUT2D eigenvalue weighted by Crippen LogP contribution is 2.17. The molecule has 0 fully saturated rings. The molecule has 76 valence electrons. The van der Waals surface area contributed by atoms with Gasteiger partial charge < -0.3 is 10.5 Å². The Kier molecular flexibility index (Phi) is 4.91. The van der Waals surface area contributed by atoms with Crippen LogP contribution in [0.1, 0.15) is 45.4 Å². The fourth-order valence-electron chi connectivity index (χ4n) is 1.66. The first-order valence-electron chi connectivity index (χ1n) is 5.40. The minimum Gasteiger partial charge on any atom is -0.501 e. The third kappa shape index (κ3) is 3.81. The summed E-state index contributed by atoms with van der Waals surface area (Å²) in [6, 6.07) is 0.242. The molecule has 2 heteroatoms. The molecule has 0 spiro atoms. The van der Waals surface area contributed by atoms with Gasteiger partial charge in [-0.1, -0.05) is 26.2 Å². The molecule has 1 rings (SSSR count). The van der Waals surface area contributed by atoms with Gasteiger partial charge in [0.05, 0.1) is 12.9 Å². The summed E-state index contributed by atoms with van der Waals surface area (Å²) in [6.45, 7) is 3.08. The smallest absolute Gasteiger partial charge is 0.0876 e. The Morgan fingerprint density at radius 3 is 3.00 bits per heavy atom. The summed E-state index contributed by atoms with van der Waals surface area (Å²) in [5.74, 6) is 0. The molecular formula is C11H21NO. The van der Waals surface area contributed by atoms with Gasteiger partial charge in [0.1, 0.15) is 0 Å². The Morgan fingerprint density at radius 1 is 1.54 bits per heavy atom. The highest BCUT2D eigenvalue weighted by molar-refractivity contribution is 5.08. The van der Waals surface area contributed by atoms with Crippen LogP contribution in [0.2, 0.25) is 0 Å². The second-order valence-corrected chi connectivity index (χ2v) is 3.77. The number of nitrogens with two attached hydrogens (primary N) is 1. The van der Waals surface area contributed by atoms with Gasteiger partial charge in [0.25, 0.3) is 0 Å². The molecule has 1 aliphatic rings. The molecule has 0 aromatic rings. The van der Waals surface area contributed by atoms with E-state index in [1.54, 1.807) is 0 Å². The largest absolute Gasteiger partial charge is 0.501 e. The highest BCUT2D eigenvalue weighted by Gasteiger charge is 2.11. The van der Waals surface area contributed by atoms with Crippen LogP contribution in [0.25, 0.3) is 0 Å². The molecule has 0 saturated carbocycles. The molecule has 0 aromatic carbocycles. The average Bonchev–Trinajstić information content (AvgIpc) is 2.19. The van der Waals surface area contributed by atoms with Gasteiger partial charge in [0.15, 0.2) is 0 Å². The Labute approximate surface area is 81.1 Å². The van der Waals surface area contributed by atoms with Gasteiger partial charge in [-0.3, -0.25) is 0 Å². The first-order chi connectivity index (χ1) is 6.34. The molecule has 0 aromatic heterocycles. The van der Waals surface area contributed by atoms with Crippen molar-refractivity contribution in [1.82, 2.24) is 0 Å². The molecule has 1 heterocycles. The second-order valence-electron chi connectivity index (χ2n) is 3.77. The number of unbranched alkanes of at least 4 members (excludes halogenated alkanes) is 2. The Bertz CT molecular complexity index is 165. The summed E-state index contributed by atoms with van der Waals surface area (Å²) in [7, 11) is 0. The maximum absolute atomic E-state index is 6.04. The predicted molar refractivity (Wildman–Crippen MR) is 55.4 cm³/mol. The fraction of sp³-hybridized carbons (Fsp3) is 0.818. The van der Waals surface area contributed by atoms with Crippen LogP contribution in [0.3, 0.4) is 0 Å². The summed E-state index contributed by atoms with van der Waals surface area (Å²) < 4.78 is 5.27. The summed E-state index contributed by atoms with van der Waals surface area (Å²) in [4.78, 5) is 0. The average molecular weight is 183 g/mol. The first kappa shape index (κ1) is 10.6. The quantitative estimate of drug-likeness (QED) is 0.665. The summed E-state index contributed by atoms with van der Waals surface area (Å²) in [6.07, 6.45) is 9.06. The van der Waals surface area contributed by atoms with Gasteiger partial charge in [-0.25, -0.2) is 0 Å². The van der Waals surface area contributed by atoms with Gasteiger partial charge >= 0.3 is 0 Å². The molecule has 0 bridgehead atoms. The molecule has 2 nitrogen and oxygen atoms in total. The zero-order valence-electron chi connectivity index (χ0n) is 8.59. The Morgan fingerprint density at radius 2 is 2.38 bits per heavy atom. The third-order valence-electron chi connectivity index (χ3n) is 2.56. The molecule has 0 radical (unpaired) electrons. The summed E-state index contributed by atoms with van der Waals surface area (Å²) >= 11 is 0. The lowest BCUT2D eigenvalue weighted by molar-refractivity contribution is 0.220. The number of ether oxygens (including phenoxy) is 1. The maximum atomic E-state index is 6.04. The Balaban J connectivity index is 2.21. The lowest BCUT2D eigenvalue weighted by Crippen LogP contribution is -2.24. The maximum Gasteiger partial charge on any atom is 0.0876 e. The molecule has 0 saturated heterocycles. The number of rotatable bonds is 5. The topological polar surface area (TPSA) is 35.2 Å². The van der Waals surface area contributed by atoms with Crippen molar-refractivity contribution in [2.45, 2.75) is 51.5 Å². The SMILES string of the molecule is CCCCCC(N)C1=COCCC1. The molecular weight excluding hydrogens is 162 g/mol. The molecule has 13 heavy (non-hydrogen) atoms. The van der Waals surface area contributed by atoms with Crippen molar-refractivity contribution in [2.75, 3.05) is 6.61 Å². The van der Waals surface area contributed by atoms with Crippen molar-refractivity contribution in [2.24, 2.45) is 5.73 Å². The van der Waals surface area contributed by atoms with Crippen molar-refractivity contribution < 1.29 is 4.74 Å². The van der Waals surface area contributed by atoms with E-state index < -0.39 is 0 Å². The van der Waals surface area contributed by atoms with E-state index >= 15 is 0 Å². The van der Waals surface area contributed by atoms with E-state index in [0.29, 0.717) is 0 Å². The third-order valence-corrected chi connectivity index (χ3v) is 2.56. The van der Waals surface area contributed by atoms with Gasteiger partial charge in [0.2, 0.25) is 0 Å². The van der Waals surface area contributed by atoms with Crippen molar-refractivity contribution in [3.05, 3.63) is 11.8 Å². The molecule has 1 unspecified atom stereocenters. The van der Waals surface area contributed by atoms with Crippen molar-refractivity contribution >= 4 is 0 Å². The predicted octanol–water partition coefficient (Wildman–Crippen LogP) is 2.59. The lowest BCUT2D eigenvalue weighted by atomic mass is 9.98. The minimum absolute atomic E-state index is 0.242. The second kappa shape index (κ2) is 6.03. The zero-order chi connectivity index (χ0) is 9.52. The van der Waals surface area contributed by atoms with E-state index in [2.05, 4.69) is 6.92 Å². The van der Waals surface area contributed by atoms with Crippen LogP contribution in [0, 0.1) is 0 Å². The summed E-state index contributed by atoms with van der Waals surface area (Å²) in [5, 5.41) is 0. The van der Waals surface area contributed by atoms with E-state index in [1.807, 2.05) is 6.26 Å². The van der Waals surface area contributed by atoms with Crippen LogP contribution < -0.4 is 5.73 Å². The summed E-state index contributed by atoms with van der Waals surface area (Å²) in [5.41, 5.74) is 7.35. The highest BCUT2D eigenvalue weighted by atomic mass is 16.5. The van der Waals surface area contributed by atoms with Crippen LogP contribution in [0.15, 0.2) is 11.8 Å².